The molecule has 0 radical (unpaired) electrons. The molecule has 2 fully saturated rings. The Hall–Kier alpha value is -1.54. The predicted molar refractivity (Wildman–Crippen MR) is 120 cm³/mol. The number of hydrogen-bond acceptors (Lipinski definition) is 6. The molecule has 0 bridgehead atoms. The van der Waals surface area contributed by atoms with Gasteiger partial charge in [-0.3, -0.25) is 14.5 Å². The minimum absolute atomic E-state index is 0.0822. The lowest BCUT2D eigenvalue weighted by molar-refractivity contribution is -0.136. The molecule has 1 aromatic rings. The summed E-state index contributed by atoms with van der Waals surface area (Å²) in [7, 11) is 3.13. The smallest absolute Gasteiger partial charge is 0.315 e. The van der Waals surface area contributed by atoms with E-state index in [1.807, 2.05) is 13.8 Å². The van der Waals surface area contributed by atoms with E-state index in [2.05, 4.69) is 0 Å². The summed E-state index contributed by atoms with van der Waals surface area (Å²) in [6.45, 7) is 3.92. The number of thioether (sulfide) groups is 1. The fourth-order valence-electron chi connectivity index (χ4n) is 3.30. The minimum atomic E-state index is -0.372. The average Bonchev–Trinajstić information content (AvgIpc) is 3.10. The van der Waals surface area contributed by atoms with Crippen molar-refractivity contribution >= 4 is 69.5 Å². The van der Waals surface area contributed by atoms with Crippen LogP contribution in [-0.2, 0) is 9.59 Å². The molecule has 29 heavy (non-hydrogen) atoms. The molecule has 1 heterocycles. The summed E-state index contributed by atoms with van der Waals surface area (Å²) in [6, 6.07) is 5.10. The lowest BCUT2D eigenvalue weighted by Crippen LogP contribution is -2.22. The third-order valence-corrected chi connectivity index (χ3v) is 6.89. The van der Waals surface area contributed by atoms with Crippen LogP contribution in [0.15, 0.2) is 33.7 Å². The highest BCUT2D eigenvalue weighted by Crippen LogP contribution is 2.60. The molecule has 3 rings (SSSR count). The second kappa shape index (κ2) is 8.30. The molecular weight excluding hydrogens is 453 g/mol. The van der Waals surface area contributed by atoms with Crippen molar-refractivity contribution in [2.45, 2.75) is 13.8 Å². The number of carbonyl (C=O) groups is 2. The fourth-order valence-corrected chi connectivity index (χ4v) is 4.75. The lowest BCUT2D eigenvalue weighted by atomic mass is 10.1. The molecule has 0 spiro atoms. The van der Waals surface area contributed by atoms with Crippen molar-refractivity contribution in [3.63, 3.8) is 0 Å². The Labute approximate surface area is 189 Å². The van der Waals surface area contributed by atoms with Gasteiger partial charge in [-0.15, -0.1) is 0 Å². The van der Waals surface area contributed by atoms with E-state index in [4.69, 9.17) is 44.9 Å². The van der Waals surface area contributed by atoms with Gasteiger partial charge in [0.25, 0.3) is 5.91 Å². The Morgan fingerprint density at radius 1 is 1.31 bits per heavy atom. The number of carbonyl (C=O) groups excluding carboxylic acids is 2. The van der Waals surface area contributed by atoms with Crippen LogP contribution in [0.25, 0.3) is 6.08 Å². The second-order valence-electron chi connectivity index (χ2n) is 7.35. The van der Waals surface area contributed by atoms with Crippen molar-refractivity contribution < 1.29 is 19.1 Å². The summed E-state index contributed by atoms with van der Waals surface area (Å²) in [4.78, 5) is 26.8. The first-order chi connectivity index (χ1) is 13.6. The van der Waals surface area contributed by atoms with E-state index in [0.717, 1.165) is 5.56 Å². The third kappa shape index (κ3) is 4.48. The molecular formula is C20H19Cl2NO4S2. The number of rotatable bonds is 5. The molecule has 1 aliphatic carbocycles. The van der Waals surface area contributed by atoms with Gasteiger partial charge in [-0.2, -0.15) is 0 Å². The first-order valence-corrected chi connectivity index (χ1v) is 10.7. The maximum absolute atomic E-state index is 12.7. The first-order valence-electron chi connectivity index (χ1n) is 8.70. The standard InChI is InChI=1S/C20H19Cl2NO4S2/c1-20(2)11(9-15(21)22)16(20)18(25)27-12-6-5-10(7-13(12)26-4)8-14-17(24)23(3)19(28)29-14/h5-9,11,16H,1-4H3/b14-8-/t11-,16-/m1/s1. The maximum atomic E-state index is 12.7. The Kier molecular flexibility index (Phi) is 6.34. The monoisotopic (exact) mass is 471 g/mol. The van der Waals surface area contributed by atoms with Crippen molar-refractivity contribution in [3.05, 3.63) is 39.2 Å². The van der Waals surface area contributed by atoms with Gasteiger partial charge in [0.1, 0.15) is 8.81 Å². The van der Waals surface area contributed by atoms with Gasteiger partial charge < -0.3 is 9.47 Å². The molecule has 9 heteroatoms. The highest BCUT2D eigenvalue weighted by molar-refractivity contribution is 8.26. The van der Waals surface area contributed by atoms with Crippen LogP contribution in [0.1, 0.15) is 19.4 Å². The summed E-state index contributed by atoms with van der Waals surface area (Å²) < 4.78 is 11.6. The van der Waals surface area contributed by atoms with Crippen LogP contribution >= 0.6 is 47.2 Å². The number of methoxy groups -OCH3 is 1. The number of thiocarbonyl (C=S) groups is 1. The fraction of sp³-hybridized carbons (Fsp3) is 0.350. The molecule has 1 aliphatic heterocycles. The molecule has 5 nitrogen and oxygen atoms in total. The summed E-state index contributed by atoms with van der Waals surface area (Å²) in [6.07, 6.45) is 3.39. The van der Waals surface area contributed by atoms with E-state index in [1.54, 1.807) is 37.4 Å². The zero-order chi connectivity index (χ0) is 21.5. The highest BCUT2D eigenvalue weighted by atomic mass is 35.5. The largest absolute Gasteiger partial charge is 0.493 e. The van der Waals surface area contributed by atoms with Gasteiger partial charge in [0.05, 0.1) is 17.9 Å². The Bertz CT molecular complexity index is 954. The molecule has 1 saturated heterocycles. The quantitative estimate of drug-likeness (QED) is 0.260. The first kappa shape index (κ1) is 22.2. The molecule has 1 aromatic carbocycles. The van der Waals surface area contributed by atoms with Crippen molar-refractivity contribution in [1.29, 1.82) is 0 Å². The Balaban J connectivity index is 1.78. The molecule has 0 unspecified atom stereocenters. The molecule has 1 amide bonds. The van der Waals surface area contributed by atoms with E-state index in [9.17, 15) is 9.59 Å². The highest BCUT2D eigenvalue weighted by Gasteiger charge is 2.61. The third-order valence-electron chi connectivity index (χ3n) is 5.15. The molecule has 0 aromatic heterocycles. The van der Waals surface area contributed by atoms with Gasteiger partial charge in [0.2, 0.25) is 0 Å². The number of hydrogen-bond donors (Lipinski definition) is 0. The SMILES string of the molecule is COc1cc(/C=C2\SC(=S)N(C)C2=O)ccc1OC(=O)[C@H]1[C@@H](C=C(Cl)Cl)C1(C)C. The van der Waals surface area contributed by atoms with Crippen LogP contribution in [0.2, 0.25) is 0 Å². The van der Waals surface area contributed by atoms with Crippen LogP contribution < -0.4 is 9.47 Å². The topological polar surface area (TPSA) is 55.8 Å². The number of esters is 1. The number of nitrogens with zero attached hydrogens (tertiary/aromatic N) is 1. The number of allylic oxidation sites excluding steroid dienone is 1. The molecule has 2 aliphatic rings. The lowest BCUT2D eigenvalue weighted by Gasteiger charge is -2.11. The van der Waals surface area contributed by atoms with Gasteiger partial charge >= 0.3 is 5.97 Å². The Morgan fingerprint density at radius 3 is 2.55 bits per heavy atom. The minimum Gasteiger partial charge on any atom is -0.493 e. The van der Waals surface area contributed by atoms with Crippen molar-refractivity contribution in [2.75, 3.05) is 14.2 Å². The van der Waals surface area contributed by atoms with E-state index >= 15 is 0 Å². The summed E-state index contributed by atoms with van der Waals surface area (Å²) in [5.41, 5.74) is 0.450. The zero-order valence-corrected chi connectivity index (χ0v) is 19.3. The summed E-state index contributed by atoms with van der Waals surface area (Å²) in [5, 5.41) is 0. The number of likely N-dealkylation sites (N-methyl/N-ethyl adjacent to an activating group) is 1. The predicted octanol–water partition coefficient (Wildman–Crippen LogP) is 5.02. The second-order valence-corrected chi connectivity index (χ2v) is 10.0. The van der Waals surface area contributed by atoms with Gasteiger partial charge in [0.15, 0.2) is 11.5 Å². The van der Waals surface area contributed by atoms with Crippen molar-refractivity contribution in [1.82, 2.24) is 4.90 Å². The number of halogens is 2. The number of amides is 1. The molecule has 0 N–H and O–H groups in total. The number of ether oxygens (including phenoxy) is 2. The number of benzene rings is 1. The van der Waals surface area contributed by atoms with E-state index in [-0.39, 0.29) is 33.6 Å². The van der Waals surface area contributed by atoms with E-state index in [0.29, 0.717) is 20.7 Å². The Morgan fingerprint density at radius 2 is 2.00 bits per heavy atom. The molecule has 154 valence electrons. The van der Waals surface area contributed by atoms with Gasteiger partial charge in [-0.05, 0) is 41.2 Å². The summed E-state index contributed by atoms with van der Waals surface area (Å²) >= 11 is 17.9. The van der Waals surface area contributed by atoms with Gasteiger partial charge in [-0.1, -0.05) is 67.1 Å². The van der Waals surface area contributed by atoms with Crippen molar-refractivity contribution in [2.24, 2.45) is 17.3 Å². The van der Waals surface area contributed by atoms with Crippen LogP contribution in [0.4, 0.5) is 0 Å². The molecule has 2 atom stereocenters. The average molecular weight is 472 g/mol. The van der Waals surface area contributed by atoms with Gasteiger partial charge in [-0.25, -0.2) is 0 Å². The van der Waals surface area contributed by atoms with E-state index < -0.39 is 0 Å². The van der Waals surface area contributed by atoms with Gasteiger partial charge in [0, 0.05) is 7.05 Å². The summed E-state index contributed by atoms with van der Waals surface area (Å²) in [5.74, 6) is -0.252. The molecule has 1 saturated carbocycles. The van der Waals surface area contributed by atoms with Crippen LogP contribution in [0, 0.1) is 17.3 Å². The van der Waals surface area contributed by atoms with Crippen LogP contribution in [-0.4, -0.2) is 35.3 Å². The van der Waals surface area contributed by atoms with Crippen molar-refractivity contribution in [3.8, 4) is 11.5 Å². The zero-order valence-electron chi connectivity index (χ0n) is 16.2. The maximum Gasteiger partial charge on any atom is 0.315 e. The van der Waals surface area contributed by atoms with Crippen LogP contribution in [0.5, 0.6) is 11.5 Å². The van der Waals surface area contributed by atoms with E-state index in [1.165, 1.54) is 23.8 Å². The van der Waals surface area contributed by atoms with Crippen LogP contribution in [0.3, 0.4) is 0 Å². The normalized spacial score (nSPS) is 23.9.